The van der Waals surface area contributed by atoms with Gasteiger partial charge in [-0.1, -0.05) is 6.08 Å². The van der Waals surface area contributed by atoms with Crippen LogP contribution in [0.5, 0.6) is 17.2 Å². The molecule has 7 nitrogen and oxygen atoms in total. The first-order chi connectivity index (χ1) is 10.9. The third-order valence-corrected chi connectivity index (χ3v) is 3.97. The average Bonchev–Trinajstić information content (AvgIpc) is 2.53. The van der Waals surface area contributed by atoms with E-state index in [0.717, 1.165) is 24.3 Å². The van der Waals surface area contributed by atoms with Gasteiger partial charge in [-0.3, -0.25) is 4.79 Å². The summed E-state index contributed by atoms with van der Waals surface area (Å²) < 4.78 is 4.65. The van der Waals surface area contributed by atoms with Crippen molar-refractivity contribution >= 4 is 23.6 Å². The molecule has 4 N–H and O–H groups in total. The summed E-state index contributed by atoms with van der Waals surface area (Å²) >= 11 is 1.45. The predicted molar refractivity (Wildman–Crippen MR) is 86.8 cm³/mol. The normalized spacial score (nSPS) is 11.5. The highest BCUT2D eigenvalue weighted by Gasteiger charge is 2.23. The summed E-state index contributed by atoms with van der Waals surface area (Å²) in [7, 11) is 1.22. The van der Waals surface area contributed by atoms with Crippen LogP contribution in [0.1, 0.15) is 16.8 Å². The average molecular weight is 341 g/mol. The molecule has 23 heavy (non-hydrogen) atoms. The van der Waals surface area contributed by atoms with Crippen molar-refractivity contribution in [2.24, 2.45) is 0 Å². The number of rotatable bonds is 8. The minimum Gasteiger partial charge on any atom is -0.504 e. The Balaban J connectivity index is 2.80. The molecule has 0 radical (unpaired) electrons. The molecule has 0 fully saturated rings. The lowest BCUT2D eigenvalue weighted by atomic mass is 10.1. The Bertz CT molecular complexity index is 566. The molecule has 0 saturated heterocycles. The molecule has 1 amide bonds. The number of hydrogen-bond donors (Lipinski definition) is 4. The molecule has 0 saturated carbocycles. The van der Waals surface area contributed by atoms with E-state index in [9.17, 15) is 24.9 Å². The fourth-order valence-electron chi connectivity index (χ4n) is 1.66. The summed E-state index contributed by atoms with van der Waals surface area (Å²) in [6, 6.07) is 1.10. The lowest BCUT2D eigenvalue weighted by molar-refractivity contribution is -0.142. The van der Waals surface area contributed by atoms with Gasteiger partial charge in [0, 0.05) is 11.3 Å². The lowest BCUT2D eigenvalue weighted by Gasteiger charge is -2.16. The van der Waals surface area contributed by atoms with E-state index < -0.39 is 35.2 Å². The van der Waals surface area contributed by atoms with Crippen LogP contribution in [0.2, 0.25) is 0 Å². The second kappa shape index (κ2) is 8.94. The van der Waals surface area contributed by atoms with Crippen LogP contribution in [0.4, 0.5) is 0 Å². The van der Waals surface area contributed by atoms with Gasteiger partial charge < -0.3 is 25.4 Å². The number of aromatic hydroxyl groups is 3. The first-order valence-electron chi connectivity index (χ1n) is 6.73. The van der Waals surface area contributed by atoms with Crippen LogP contribution in [0.3, 0.4) is 0 Å². The molecule has 0 bridgehead atoms. The first kappa shape index (κ1) is 18.7. The molecule has 1 rings (SSSR count). The van der Waals surface area contributed by atoms with Crippen molar-refractivity contribution in [1.82, 2.24) is 5.32 Å². The summed E-state index contributed by atoms with van der Waals surface area (Å²) in [5.74, 6) is -2.22. The molecule has 0 aliphatic carbocycles. The van der Waals surface area contributed by atoms with Gasteiger partial charge in [-0.05, 0) is 24.3 Å². The number of ether oxygens (including phenoxy) is 1. The Morgan fingerprint density at radius 1 is 1.35 bits per heavy atom. The predicted octanol–water partition coefficient (Wildman–Crippen LogP) is 1.38. The summed E-state index contributed by atoms with van der Waals surface area (Å²) in [6.07, 6.45) is 2.52. The Morgan fingerprint density at radius 3 is 2.48 bits per heavy atom. The zero-order valence-corrected chi connectivity index (χ0v) is 13.4. The van der Waals surface area contributed by atoms with E-state index in [1.807, 2.05) is 0 Å². The second-order valence-corrected chi connectivity index (χ2v) is 5.71. The van der Waals surface area contributed by atoms with Gasteiger partial charge in [0.25, 0.3) is 5.91 Å². The van der Waals surface area contributed by atoms with Gasteiger partial charge in [0.2, 0.25) is 0 Å². The van der Waals surface area contributed by atoms with Crippen molar-refractivity contribution < 1.29 is 29.6 Å². The van der Waals surface area contributed by atoms with Crippen molar-refractivity contribution in [1.29, 1.82) is 0 Å². The quantitative estimate of drug-likeness (QED) is 0.244. The molecule has 0 heterocycles. The van der Waals surface area contributed by atoms with E-state index in [-0.39, 0.29) is 5.56 Å². The Kier molecular flexibility index (Phi) is 7.27. The van der Waals surface area contributed by atoms with Gasteiger partial charge in [0.05, 0.1) is 7.11 Å². The number of phenols is 3. The highest BCUT2D eigenvalue weighted by Crippen LogP contribution is 2.35. The van der Waals surface area contributed by atoms with Crippen LogP contribution in [-0.4, -0.2) is 51.9 Å². The fourth-order valence-corrected chi connectivity index (χ4v) is 2.61. The number of carbonyl (C=O) groups is 2. The summed E-state index contributed by atoms with van der Waals surface area (Å²) in [6.45, 7) is 3.60. The molecule has 126 valence electrons. The van der Waals surface area contributed by atoms with Crippen molar-refractivity contribution in [2.45, 2.75) is 12.5 Å². The molecule has 1 atom stereocenters. The van der Waals surface area contributed by atoms with Crippen molar-refractivity contribution in [2.75, 3.05) is 18.6 Å². The maximum Gasteiger partial charge on any atom is 0.329 e. The smallest absolute Gasteiger partial charge is 0.329 e. The molecule has 1 aromatic carbocycles. The Hall–Kier alpha value is -2.35. The van der Waals surface area contributed by atoms with Crippen LogP contribution >= 0.6 is 11.8 Å². The number of hydrogen-bond acceptors (Lipinski definition) is 7. The zero-order valence-electron chi connectivity index (χ0n) is 12.6. The number of benzene rings is 1. The first-order valence-corrected chi connectivity index (χ1v) is 7.88. The molecule has 0 spiro atoms. The monoisotopic (exact) mass is 341 g/mol. The topological polar surface area (TPSA) is 116 Å². The number of esters is 1. The zero-order chi connectivity index (χ0) is 17.4. The molecule has 1 aromatic rings. The highest BCUT2D eigenvalue weighted by atomic mass is 32.2. The van der Waals surface area contributed by atoms with Crippen molar-refractivity contribution in [3.05, 3.63) is 30.4 Å². The van der Waals surface area contributed by atoms with E-state index >= 15 is 0 Å². The van der Waals surface area contributed by atoms with Gasteiger partial charge >= 0.3 is 5.97 Å². The number of thioether (sulfide) groups is 1. The molecule has 0 aliphatic heterocycles. The van der Waals surface area contributed by atoms with E-state index in [2.05, 4.69) is 16.6 Å². The van der Waals surface area contributed by atoms with E-state index in [1.165, 1.54) is 18.9 Å². The van der Waals surface area contributed by atoms with Gasteiger partial charge in [0.1, 0.15) is 6.04 Å². The van der Waals surface area contributed by atoms with Gasteiger partial charge in [0.15, 0.2) is 17.2 Å². The maximum absolute atomic E-state index is 12.1. The van der Waals surface area contributed by atoms with Gasteiger partial charge in [-0.15, -0.1) is 6.58 Å². The molecule has 0 aromatic heterocycles. The number of methoxy groups -OCH3 is 1. The lowest BCUT2D eigenvalue weighted by Crippen LogP contribution is -2.43. The minimum absolute atomic E-state index is 0.0946. The molecule has 0 unspecified atom stereocenters. The Labute approximate surface area is 138 Å². The number of amides is 1. The van der Waals surface area contributed by atoms with Crippen LogP contribution in [0.15, 0.2) is 24.8 Å². The van der Waals surface area contributed by atoms with Crippen LogP contribution in [0, 0.1) is 0 Å². The molecule has 0 aliphatic rings. The largest absolute Gasteiger partial charge is 0.504 e. The number of phenolic OH excluding ortho intramolecular Hbond substituents is 3. The van der Waals surface area contributed by atoms with E-state index in [0.29, 0.717) is 5.75 Å². The fraction of sp³-hybridized carbons (Fsp3) is 0.333. The Morgan fingerprint density at radius 2 is 1.96 bits per heavy atom. The van der Waals surface area contributed by atoms with Gasteiger partial charge in [-0.2, -0.15) is 11.8 Å². The second-order valence-electron chi connectivity index (χ2n) is 4.56. The molecular formula is C15H19NO6S. The number of nitrogens with one attached hydrogen (secondary N) is 1. The summed E-state index contributed by atoms with van der Waals surface area (Å²) in [4.78, 5) is 23.9. The highest BCUT2D eigenvalue weighted by molar-refractivity contribution is 7.99. The van der Waals surface area contributed by atoms with Crippen molar-refractivity contribution in [3.63, 3.8) is 0 Å². The number of carbonyl (C=O) groups excluding carboxylic acids is 2. The summed E-state index contributed by atoms with van der Waals surface area (Å²) in [5.41, 5.74) is -0.0946. The van der Waals surface area contributed by atoms with Crippen LogP contribution in [-0.2, 0) is 9.53 Å². The SMILES string of the molecule is C=CCCSC[C@H](NC(=O)c1cc(O)c(O)c(O)c1)C(=O)OC. The van der Waals surface area contributed by atoms with E-state index in [4.69, 9.17) is 0 Å². The molecular weight excluding hydrogens is 322 g/mol. The third kappa shape index (κ3) is 5.41. The minimum atomic E-state index is -0.875. The maximum atomic E-state index is 12.1. The standard InChI is InChI=1S/C15H19NO6S/c1-3-4-5-23-8-10(15(21)22-2)16-14(20)9-6-11(17)13(19)12(18)7-9/h3,6-7,10,17-19H,1,4-5,8H2,2H3,(H,16,20)/t10-/m0/s1. The molecule has 8 heteroatoms. The van der Waals surface area contributed by atoms with Crippen LogP contribution < -0.4 is 5.32 Å². The van der Waals surface area contributed by atoms with Crippen molar-refractivity contribution in [3.8, 4) is 17.2 Å². The number of allylic oxidation sites excluding steroid dienone is 1. The summed E-state index contributed by atoms with van der Waals surface area (Å²) in [5, 5.41) is 30.6. The van der Waals surface area contributed by atoms with E-state index in [1.54, 1.807) is 6.08 Å². The third-order valence-electron chi connectivity index (χ3n) is 2.87. The van der Waals surface area contributed by atoms with Gasteiger partial charge in [-0.25, -0.2) is 4.79 Å². The van der Waals surface area contributed by atoms with Crippen LogP contribution in [0.25, 0.3) is 0 Å².